The standard InChI is InChI=1S/C27H33N3O2S/c1-2-21-11-13-22(14-12-21)19-25-27(32)30(23-9-5-6-10-24(23)33-25)20-26(31)28-15-18-29-16-7-3-4-8-17-29/h5-6,9-14,19H,2-4,7-8,15-18,20H2,1H3,(H,28,31)/b25-19+. The molecule has 2 amide bonds. The van der Waals surface area contributed by atoms with Gasteiger partial charge in [0.15, 0.2) is 0 Å². The summed E-state index contributed by atoms with van der Waals surface area (Å²) in [7, 11) is 0. The van der Waals surface area contributed by atoms with Gasteiger partial charge in [0, 0.05) is 18.0 Å². The molecule has 0 aromatic heterocycles. The molecule has 2 aromatic rings. The van der Waals surface area contributed by atoms with E-state index in [1.165, 1.54) is 43.0 Å². The number of benzene rings is 2. The highest BCUT2D eigenvalue weighted by molar-refractivity contribution is 8.04. The number of thioether (sulfide) groups is 1. The Bertz CT molecular complexity index is 995. The van der Waals surface area contributed by atoms with Crippen LogP contribution < -0.4 is 10.2 Å². The van der Waals surface area contributed by atoms with E-state index in [0.717, 1.165) is 42.2 Å². The maximum atomic E-state index is 13.4. The zero-order chi connectivity index (χ0) is 23.0. The Morgan fingerprint density at radius 1 is 1.03 bits per heavy atom. The number of carbonyl (C=O) groups is 2. The zero-order valence-electron chi connectivity index (χ0n) is 19.4. The summed E-state index contributed by atoms with van der Waals surface area (Å²) in [5.41, 5.74) is 3.06. The third-order valence-electron chi connectivity index (χ3n) is 6.27. The van der Waals surface area contributed by atoms with Crippen molar-refractivity contribution in [3.8, 4) is 0 Å². The molecule has 0 radical (unpaired) electrons. The van der Waals surface area contributed by atoms with Gasteiger partial charge in [0.1, 0.15) is 6.54 Å². The molecule has 0 aliphatic carbocycles. The maximum absolute atomic E-state index is 13.4. The number of anilines is 1. The minimum atomic E-state index is -0.124. The Labute approximate surface area is 201 Å². The van der Waals surface area contributed by atoms with Crippen molar-refractivity contribution < 1.29 is 9.59 Å². The van der Waals surface area contributed by atoms with Crippen molar-refractivity contribution in [2.75, 3.05) is 37.6 Å². The van der Waals surface area contributed by atoms with Crippen molar-refractivity contribution in [3.05, 3.63) is 64.6 Å². The minimum Gasteiger partial charge on any atom is -0.353 e. The van der Waals surface area contributed by atoms with Crippen LogP contribution in [0.5, 0.6) is 0 Å². The van der Waals surface area contributed by atoms with Gasteiger partial charge in [-0.15, -0.1) is 0 Å². The van der Waals surface area contributed by atoms with Crippen LogP contribution in [0.3, 0.4) is 0 Å². The predicted molar refractivity (Wildman–Crippen MR) is 136 cm³/mol. The van der Waals surface area contributed by atoms with E-state index in [0.29, 0.717) is 11.4 Å². The van der Waals surface area contributed by atoms with Gasteiger partial charge in [0.05, 0.1) is 10.6 Å². The van der Waals surface area contributed by atoms with Gasteiger partial charge in [0.2, 0.25) is 5.91 Å². The second-order valence-electron chi connectivity index (χ2n) is 8.67. The van der Waals surface area contributed by atoms with E-state index >= 15 is 0 Å². The molecule has 2 heterocycles. The average Bonchev–Trinajstić information content (AvgIpc) is 3.11. The van der Waals surface area contributed by atoms with Crippen LogP contribution in [0.15, 0.2) is 58.3 Å². The molecule has 1 fully saturated rings. The van der Waals surface area contributed by atoms with Crippen molar-refractivity contribution in [3.63, 3.8) is 0 Å². The Morgan fingerprint density at radius 2 is 1.76 bits per heavy atom. The van der Waals surface area contributed by atoms with E-state index in [2.05, 4.69) is 29.3 Å². The number of para-hydroxylation sites is 1. The molecular formula is C27H33N3O2S. The number of hydrogen-bond acceptors (Lipinski definition) is 4. The number of rotatable bonds is 7. The highest BCUT2D eigenvalue weighted by Crippen LogP contribution is 2.41. The Balaban J connectivity index is 1.43. The van der Waals surface area contributed by atoms with E-state index in [9.17, 15) is 9.59 Å². The minimum absolute atomic E-state index is 0.0303. The molecule has 2 aliphatic heterocycles. The Hall–Kier alpha value is -2.57. The summed E-state index contributed by atoms with van der Waals surface area (Å²) in [5.74, 6) is -0.243. The molecule has 0 spiro atoms. The molecule has 0 atom stereocenters. The smallest absolute Gasteiger partial charge is 0.265 e. The SMILES string of the molecule is CCc1ccc(/C=C2/Sc3ccccc3N(CC(=O)NCCN3CCCCCC3)C2=O)cc1. The fourth-order valence-electron chi connectivity index (χ4n) is 4.33. The molecule has 33 heavy (non-hydrogen) atoms. The van der Waals surface area contributed by atoms with Gasteiger partial charge in [-0.2, -0.15) is 0 Å². The van der Waals surface area contributed by atoms with Crippen molar-refractivity contribution in [1.82, 2.24) is 10.2 Å². The summed E-state index contributed by atoms with van der Waals surface area (Å²) >= 11 is 1.47. The van der Waals surface area contributed by atoms with Gasteiger partial charge < -0.3 is 10.2 Å². The summed E-state index contributed by atoms with van der Waals surface area (Å²) in [6.45, 7) is 5.86. The normalized spacial score (nSPS) is 18.2. The first-order valence-electron chi connectivity index (χ1n) is 12.0. The van der Waals surface area contributed by atoms with E-state index in [1.54, 1.807) is 4.90 Å². The fourth-order valence-corrected chi connectivity index (χ4v) is 5.39. The Kier molecular flexibility index (Phi) is 8.24. The lowest BCUT2D eigenvalue weighted by Gasteiger charge is -2.30. The number of nitrogens with one attached hydrogen (secondary N) is 1. The number of aryl methyl sites for hydroxylation is 1. The highest BCUT2D eigenvalue weighted by atomic mass is 32.2. The fraction of sp³-hybridized carbons (Fsp3) is 0.407. The van der Waals surface area contributed by atoms with Crippen LogP contribution in [-0.4, -0.2) is 49.4 Å². The molecular weight excluding hydrogens is 430 g/mol. The van der Waals surface area contributed by atoms with Crippen molar-refractivity contribution in [2.24, 2.45) is 0 Å². The maximum Gasteiger partial charge on any atom is 0.265 e. The summed E-state index contributed by atoms with van der Waals surface area (Å²) in [6.07, 6.45) is 7.99. The van der Waals surface area contributed by atoms with Crippen LogP contribution in [0.1, 0.15) is 43.7 Å². The van der Waals surface area contributed by atoms with Gasteiger partial charge >= 0.3 is 0 Å². The number of fused-ring (bicyclic) bond motifs is 1. The lowest BCUT2D eigenvalue weighted by molar-refractivity contribution is -0.122. The number of amides is 2. The summed E-state index contributed by atoms with van der Waals surface area (Å²) in [6, 6.07) is 16.1. The number of nitrogens with zero attached hydrogens (tertiary/aromatic N) is 2. The second-order valence-corrected chi connectivity index (χ2v) is 9.75. The third-order valence-corrected chi connectivity index (χ3v) is 7.35. The predicted octanol–water partition coefficient (Wildman–Crippen LogP) is 4.72. The number of likely N-dealkylation sites (tertiary alicyclic amines) is 1. The van der Waals surface area contributed by atoms with Gasteiger partial charge in [-0.05, 0) is 61.7 Å². The van der Waals surface area contributed by atoms with Gasteiger partial charge in [0.25, 0.3) is 5.91 Å². The third kappa shape index (κ3) is 6.27. The quantitative estimate of drug-likeness (QED) is 0.604. The van der Waals surface area contributed by atoms with Crippen molar-refractivity contribution in [2.45, 2.75) is 43.9 Å². The molecule has 1 saturated heterocycles. The van der Waals surface area contributed by atoms with Gasteiger partial charge in [-0.3, -0.25) is 14.5 Å². The average molecular weight is 464 g/mol. The van der Waals surface area contributed by atoms with Crippen LogP contribution in [0.25, 0.3) is 6.08 Å². The van der Waals surface area contributed by atoms with Crippen molar-refractivity contribution >= 4 is 35.3 Å². The van der Waals surface area contributed by atoms with Gasteiger partial charge in [-0.1, -0.05) is 67.9 Å². The number of hydrogen-bond donors (Lipinski definition) is 1. The summed E-state index contributed by atoms with van der Waals surface area (Å²) < 4.78 is 0. The topological polar surface area (TPSA) is 52.7 Å². The first kappa shape index (κ1) is 23.6. The summed E-state index contributed by atoms with van der Waals surface area (Å²) in [5, 5.41) is 3.03. The molecule has 5 nitrogen and oxygen atoms in total. The van der Waals surface area contributed by atoms with Crippen LogP contribution in [0.4, 0.5) is 5.69 Å². The molecule has 1 N–H and O–H groups in total. The highest BCUT2D eigenvalue weighted by Gasteiger charge is 2.30. The molecule has 0 unspecified atom stereocenters. The monoisotopic (exact) mass is 463 g/mol. The molecule has 2 aromatic carbocycles. The first-order valence-corrected chi connectivity index (χ1v) is 12.8. The molecule has 2 aliphatic rings. The van der Waals surface area contributed by atoms with Crippen LogP contribution in [-0.2, 0) is 16.0 Å². The van der Waals surface area contributed by atoms with E-state index < -0.39 is 0 Å². The molecule has 0 saturated carbocycles. The first-order chi connectivity index (χ1) is 16.1. The van der Waals surface area contributed by atoms with Crippen molar-refractivity contribution in [1.29, 1.82) is 0 Å². The molecule has 4 rings (SSSR count). The lowest BCUT2D eigenvalue weighted by atomic mass is 10.1. The number of carbonyl (C=O) groups excluding carboxylic acids is 2. The van der Waals surface area contributed by atoms with Crippen LogP contribution in [0, 0.1) is 0 Å². The largest absolute Gasteiger partial charge is 0.353 e. The zero-order valence-corrected chi connectivity index (χ0v) is 20.2. The lowest BCUT2D eigenvalue weighted by Crippen LogP contribution is -2.44. The summed E-state index contributed by atoms with van der Waals surface area (Å²) in [4.78, 5) is 31.8. The van der Waals surface area contributed by atoms with Crippen LogP contribution >= 0.6 is 11.8 Å². The molecule has 174 valence electrons. The van der Waals surface area contributed by atoms with E-state index in [1.807, 2.05) is 42.5 Å². The van der Waals surface area contributed by atoms with E-state index in [4.69, 9.17) is 0 Å². The van der Waals surface area contributed by atoms with Gasteiger partial charge in [-0.25, -0.2) is 0 Å². The molecule has 6 heteroatoms. The molecule has 0 bridgehead atoms. The van der Waals surface area contributed by atoms with Crippen LogP contribution in [0.2, 0.25) is 0 Å². The van der Waals surface area contributed by atoms with E-state index in [-0.39, 0.29) is 18.4 Å². The second kappa shape index (κ2) is 11.5. The Morgan fingerprint density at radius 3 is 2.48 bits per heavy atom.